The summed E-state index contributed by atoms with van der Waals surface area (Å²) in [6, 6.07) is 0. The Balaban J connectivity index is 1.43. The van der Waals surface area contributed by atoms with Crippen molar-refractivity contribution >= 4 is 82.5 Å². The molecule has 2 rings (SSSR count). The van der Waals surface area contributed by atoms with E-state index >= 15 is 0 Å². The van der Waals surface area contributed by atoms with Gasteiger partial charge in [-0.25, -0.2) is 9.59 Å². The van der Waals surface area contributed by atoms with E-state index in [1.165, 1.54) is 23.7 Å². The minimum absolute atomic E-state index is 0.330. The molecule has 0 aliphatic carbocycles. The first-order valence-corrected chi connectivity index (χ1v) is 15.2. The molecule has 0 aromatic carbocycles. The van der Waals surface area contributed by atoms with E-state index in [1.54, 1.807) is 0 Å². The minimum Gasteiger partial charge on any atom is -0.461 e. The van der Waals surface area contributed by atoms with Crippen molar-refractivity contribution in [2.24, 2.45) is 0 Å². The maximum Gasteiger partial charge on any atom is 0.330 e. The van der Waals surface area contributed by atoms with Crippen LogP contribution < -0.4 is 0 Å². The number of ether oxygens (including phenoxy) is 2. The van der Waals surface area contributed by atoms with E-state index in [4.69, 9.17) is 9.47 Å². The molecule has 0 bridgehead atoms. The van der Waals surface area contributed by atoms with Gasteiger partial charge in [0.25, 0.3) is 0 Å². The molecule has 2 heterocycles. The number of carbonyl (C=O) groups excluding carboxylic acids is 2. The molecule has 10 heteroatoms. The highest BCUT2D eigenvalue weighted by molar-refractivity contribution is 8.22. The molecule has 0 radical (unpaired) electrons. The van der Waals surface area contributed by atoms with Crippen LogP contribution >= 0.6 is 70.6 Å². The fourth-order valence-corrected chi connectivity index (χ4v) is 11.9. The third-order valence-corrected chi connectivity index (χ3v) is 13.4. The smallest absolute Gasteiger partial charge is 0.330 e. The summed E-state index contributed by atoms with van der Waals surface area (Å²) in [5.74, 6) is 6.06. The summed E-state index contributed by atoms with van der Waals surface area (Å²) in [5.41, 5.74) is 0. The first kappa shape index (κ1) is 24.8. The average Bonchev–Trinajstić information content (AvgIpc) is 3.36. The molecular formula is C18H26O4S6. The van der Waals surface area contributed by atoms with Gasteiger partial charge >= 0.3 is 11.9 Å². The van der Waals surface area contributed by atoms with Crippen molar-refractivity contribution in [1.29, 1.82) is 0 Å². The third-order valence-electron chi connectivity index (χ3n) is 3.66. The van der Waals surface area contributed by atoms with Gasteiger partial charge in [-0.2, -0.15) is 23.5 Å². The van der Waals surface area contributed by atoms with E-state index in [9.17, 15) is 9.59 Å². The quantitative estimate of drug-likeness (QED) is 0.209. The van der Waals surface area contributed by atoms with Crippen LogP contribution in [0.3, 0.4) is 0 Å². The van der Waals surface area contributed by atoms with Crippen molar-refractivity contribution in [3.05, 3.63) is 25.3 Å². The van der Waals surface area contributed by atoms with E-state index in [-0.39, 0.29) is 11.9 Å². The Morgan fingerprint density at radius 1 is 0.857 bits per heavy atom. The average molecular weight is 499 g/mol. The van der Waals surface area contributed by atoms with E-state index in [2.05, 4.69) is 13.2 Å². The van der Waals surface area contributed by atoms with Crippen molar-refractivity contribution in [1.82, 2.24) is 0 Å². The predicted octanol–water partition coefficient (Wildman–Crippen LogP) is 4.26. The molecule has 2 aliphatic heterocycles. The lowest BCUT2D eigenvalue weighted by Crippen LogP contribution is -2.14. The summed E-state index contributed by atoms with van der Waals surface area (Å²) in [4.78, 5) is 22.2. The monoisotopic (exact) mass is 498 g/mol. The topological polar surface area (TPSA) is 52.6 Å². The Kier molecular flexibility index (Phi) is 12.8. The van der Waals surface area contributed by atoms with Gasteiger partial charge in [-0.15, -0.1) is 47.0 Å². The van der Waals surface area contributed by atoms with Gasteiger partial charge in [0, 0.05) is 57.2 Å². The number of esters is 2. The van der Waals surface area contributed by atoms with E-state index in [1.807, 2.05) is 70.6 Å². The minimum atomic E-state index is -0.330. The van der Waals surface area contributed by atoms with Crippen LogP contribution in [-0.2, 0) is 19.1 Å². The summed E-state index contributed by atoms with van der Waals surface area (Å²) in [6.45, 7) is 7.81. The number of rotatable bonds is 13. The molecule has 0 saturated carbocycles. The number of carbonyl (C=O) groups is 2. The molecule has 2 aliphatic rings. The van der Waals surface area contributed by atoms with Gasteiger partial charge in [0.15, 0.2) is 0 Å². The van der Waals surface area contributed by atoms with Crippen LogP contribution in [0.25, 0.3) is 0 Å². The van der Waals surface area contributed by atoms with Crippen LogP contribution in [0.4, 0.5) is 0 Å². The van der Waals surface area contributed by atoms with Crippen molar-refractivity contribution in [3.8, 4) is 0 Å². The fourth-order valence-electron chi connectivity index (χ4n) is 2.31. The zero-order valence-corrected chi connectivity index (χ0v) is 20.5. The molecule has 0 aromatic heterocycles. The number of hydrogen-bond acceptors (Lipinski definition) is 10. The van der Waals surface area contributed by atoms with Crippen LogP contribution in [-0.4, -0.2) is 79.3 Å². The van der Waals surface area contributed by atoms with Crippen molar-refractivity contribution in [2.45, 2.75) is 19.7 Å². The second kappa shape index (κ2) is 14.5. The molecule has 0 N–H and O–H groups in total. The highest BCUT2D eigenvalue weighted by Gasteiger charge is 2.28. The molecule has 158 valence electrons. The van der Waals surface area contributed by atoms with Crippen LogP contribution in [0.2, 0.25) is 0 Å². The normalized spacial score (nSPS) is 26.7. The highest BCUT2D eigenvalue weighted by atomic mass is 32.2. The summed E-state index contributed by atoms with van der Waals surface area (Å²) in [5, 5.41) is 0.813. The zero-order valence-electron chi connectivity index (χ0n) is 15.6. The van der Waals surface area contributed by atoms with Crippen LogP contribution in [0.5, 0.6) is 0 Å². The lowest BCUT2D eigenvalue weighted by molar-refractivity contribution is -0.138. The molecule has 28 heavy (non-hydrogen) atoms. The molecule has 4 unspecified atom stereocenters. The predicted molar refractivity (Wildman–Crippen MR) is 132 cm³/mol. The molecule has 2 fully saturated rings. The molecule has 2 saturated heterocycles. The number of hydrogen-bond donors (Lipinski definition) is 0. The van der Waals surface area contributed by atoms with Gasteiger partial charge in [0.1, 0.15) is 13.2 Å². The lowest BCUT2D eigenvalue weighted by atomic mass is 10.5. The molecule has 0 aromatic rings. The van der Waals surface area contributed by atoms with Gasteiger partial charge in [0.2, 0.25) is 0 Å². The molecule has 4 nitrogen and oxygen atoms in total. The Bertz CT molecular complexity index is 486. The number of thioether (sulfide) groups is 6. The van der Waals surface area contributed by atoms with Crippen LogP contribution in [0, 0.1) is 0 Å². The van der Waals surface area contributed by atoms with Crippen LogP contribution in [0.15, 0.2) is 25.3 Å². The SMILES string of the molecule is C=CC(=O)OCC1CSC(CSCCSCC2SCC(COC(=O)C=C)S2)S1. The van der Waals surface area contributed by atoms with E-state index < -0.39 is 0 Å². The Morgan fingerprint density at radius 2 is 1.29 bits per heavy atom. The van der Waals surface area contributed by atoms with Gasteiger partial charge in [-0.3, -0.25) is 0 Å². The Labute approximate surface area is 193 Å². The zero-order chi connectivity index (χ0) is 20.2. The second-order valence-corrected chi connectivity index (χ2v) is 14.2. The summed E-state index contributed by atoms with van der Waals surface area (Å²) < 4.78 is 11.5. The highest BCUT2D eigenvalue weighted by Crippen LogP contribution is 2.41. The maximum atomic E-state index is 11.1. The van der Waals surface area contributed by atoms with Gasteiger partial charge in [-0.1, -0.05) is 13.2 Å². The standard InChI is InChI=1S/C18H26O4S6/c1-3-15(19)21-7-13-9-25-17(27-13)11-23-5-6-24-12-18-26-10-14(28-18)8-22-16(20)4-2/h3-4,13-14,17-18H,1-2,5-12H2. The molecule has 4 atom stereocenters. The Morgan fingerprint density at radius 3 is 1.68 bits per heavy atom. The van der Waals surface area contributed by atoms with Crippen molar-refractivity contribution < 1.29 is 19.1 Å². The third kappa shape index (κ3) is 10.0. The van der Waals surface area contributed by atoms with Crippen LogP contribution in [0.1, 0.15) is 0 Å². The van der Waals surface area contributed by atoms with Gasteiger partial charge in [0.05, 0.1) is 9.16 Å². The molecule has 0 spiro atoms. The summed E-state index contributed by atoms with van der Waals surface area (Å²) in [6.07, 6.45) is 2.44. The first-order chi connectivity index (χ1) is 13.6. The lowest BCUT2D eigenvalue weighted by Gasteiger charge is -2.11. The first-order valence-electron chi connectivity index (χ1n) is 8.88. The summed E-state index contributed by atoms with van der Waals surface area (Å²) >= 11 is 11.8. The van der Waals surface area contributed by atoms with Crippen molar-refractivity contribution in [3.63, 3.8) is 0 Å². The summed E-state index contributed by atoms with van der Waals surface area (Å²) in [7, 11) is 0. The van der Waals surface area contributed by atoms with E-state index in [0.29, 0.717) is 32.9 Å². The van der Waals surface area contributed by atoms with Crippen molar-refractivity contribution in [2.75, 3.05) is 47.7 Å². The van der Waals surface area contributed by atoms with Gasteiger partial charge in [-0.05, 0) is 0 Å². The molecular weight excluding hydrogens is 473 g/mol. The fraction of sp³-hybridized carbons (Fsp3) is 0.667. The van der Waals surface area contributed by atoms with E-state index in [0.717, 1.165) is 23.0 Å². The Hall–Kier alpha value is 0.520. The second-order valence-electron chi connectivity index (χ2n) is 5.86. The largest absolute Gasteiger partial charge is 0.461 e. The maximum absolute atomic E-state index is 11.1. The van der Waals surface area contributed by atoms with Gasteiger partial charge < -0.3 is 9.47 Å². The molecule has 0 amide bonds.